The molecule has 0 aliphatic carbocycles. The normalized spacial score (nSPS) is 11.4. The topological polar surface area (TPSA) is 47.2 Å². The highest BCUT2D eigenvalue weighted by molar-refractivity contribution is 5.91. The molecular formula is C21H37N5. The molecule has 0 saturated carbocycles. The smallest absolute Gasteiger partial charge is 0.155 e. The van der Waals surface area contributed by atoms with Gasteiger partial charge in [-0.15, -0.1) is 0 Å². The summed E-state index contributed by atoms with van der Waals surface area (Å²) < 4.78 is 0. The predicted molar refractivity (Wildman–Crippen MR) is 114 cm³/mol. The van der Waals surface area contributed by atoms with Crippen molar-refractivity contribution in [1.29, 1.82) is 0 Å². The van der Waals surface area contributed by atoms with E-state index < -0.39 is 0 Å². The van der Waals surface area contributed by atoms with Gasteiger partial charge in [0.2, 0.25) is 0 Å². The average molecular weight is 360 g/mol. The first-order valence-electron chi connectivity index (χ1n) is 10.4. The first-order valence-corrected chi connectivity index (χ1v) is 10.4. The highest BCUT2D eigenvalue weighted by Crippen LogP contribution is 2.26. The average Bonchev–Trinajstić information content (AvgIpc) is 3.07. The summed E-state index contributed by atoms with van der Waals surface area (Å²) in [5.41, 5.74) is 2.42. The molecule has 5 heteroatoms. The zero-order valence-corrected chi connectivity index (χ0v) is 17.1. The summed E-state index contributed by atoms with van der Waals surface area (Å²) in [5, 5.41) is 12.4. The van der Waals surface area contributed by atoms with Gasteiger partial charge in [0.05, 0.1) is 5.52 Å². The van der Waals surface area contributed by atoms with Crippen molar-refractivity contribution in [3.8, 4) is 0 Å². The number of benzene rings is 1. The zero-order valence-electron chi connectivity index (χ0n) is 17.1. The summed E-state index contributed by atoms with van der Waals surface area (Å²) in [4.78, 5) is 4.93. The molecular weight excluding hydrogens is 322 g/mol. The van der Waals surface area contributed by atoms with Gasteiger partial charge in [0.1, 0.15) is 0 Å². The minimum absolute atomic E-state index is 0.919. The maximum absolute atomic E-state index is 4.50. The Balaban J connectivity index is 2.06. The number of aromatic amines is 1. The van der Waals surface area contributed by atoms with E-state index >= 15 is 0 Å². The third kappa shape index (κ3) is 5.63. The first kappa shape index (κ1) is 20.6. The van der Waals surface area contributed by atoms with Crippen molar-refractivity contribution in [2.45, 2.75) is 53.4 Å². The third-order valence-corrected chi connectivity index (χ3v) is 5.09. The van der Waals surface area contributed by atoms with E-state index in [1.807, 2.05) is 0 Å². The van der Waals surface area contributed by atoms with Crippen molar-refractivity contribution in [3.63, 3.8) is 0 Å². The number of likely N-dealkylation sites (N-methyl/N-ethyl adjacent to an activating group) is 1. The number of anilines is 2. The van der Waals surface area contributed by atoms with Gasteiger partial charge in [0.25, 0.3) is 0 Å². The lowest BCUT2D eigenvalue weighted by Gasteiger charge is -2.24. The lowest BCUT2D eigenvalue weighted by Crippen LogP contribution is -2.28. The fourth-order valence-electron chi connectivity index (χ4n) is 3.28. The van der Waals surface area contributed by atoms with Crippen LogP contribution >= 0.6 is 0 Å². The molecule has 0 aliphatic rings. The standard InChI is InChI=1S/C21H37N5/c1-5-9-14-26(15-10-6-2)18-11-12-19-20(17-18)23-24-21(19)22-13-16-25(7-3)8-4/h11-12,17H,5-10,13-16H2,1-4H3,(H2,22,23,24). The largest absolute Gasteiger partial charge is 0.371 e. The molecule has 0 radical (unpaired) electrons. The summed E-state index contributed by atoms with van der Waals surface area (Å²) in [5.74, 6) is 0.965. The molecule has 146 valence electrons. The van der Waals surface area contributed by atoms with E-state index in [2.05, 4.69) is 71.2 Å². The lowest BCUT2D eigenvalue weighted by atomic mass is 10.2. The Labute approximate surface area is 159 Å². The van der Waals surface area contributed by atoms with Gasteiger partial charge < -0.3 is 15.1 Å². The minimum Gasteiger partial charge on any atom is -0.371 e. The Morgan fingerprint density at radius 3 is 2.27 bits per heavy atom. The molecule has 1 aromatic heterocycles. The Morgan fingerprint density at radius 1 is 0.962 bits per heavy atom. The van der Waals surface area contributed by atoms with Crippen LogP contribution in [0.2, 0.25) is 0 Å². The number of hydrogen-bond acceptors (Lipinski definition) is 4. The van der Waals surface area contributed by atoms with Crippen LogP contribution in [0.25, 0.3) is 10.9 Å². The van der Waals surface area contributed by atoms with Crippen molar-refractivity contribution >= 4 is 22.4 Å². The van der Waals surface area contributed by atoms with Gasteiger partial charge in [-0.1, -0.05) is 40.5 Å². The summed E-state index contributed by atoms with van der Waals surface area (Å²) in [6.45, 7) is 15.3. The molecule has 1 heterocycles. The van der Waals surface area contributed by atoms with Crippen LogP contribution in [-0.4, -0.2) is 54.4 Å². The first-order chi connectivity index (χ1) is 12.7. The van der Waals surface area contributed by atoms with Crippen molar-refractivity contribution in [3.05, 3.63) is 18.2 Å². The van der Waals surface area contributed by atoms with E-state index in [4.69, 9.17) is 0 Å². The molecule has 2 aromatic rings. The fourth-order valence-corrected chi connectivity index (χ4v) is 3.28. The Hall–Kier alpha value is -1.75. The second kappa shape index (κ2) is 11.1. The number of nitrogens with zero attached hydrogens (tertiary/aromatic N) is 3. The van der Waals surface area contributed by atoms with Crippen LogP contribution in [0.1, 0.15) is 53.4 Å². The van der Waals surface area contributed by atoms with Gasteiger partial charge in [-0.05, 0) is 44.1 Å². The van der Waals surface area contributed by atoms with Crippen LogP contribution in [0, 0.1) is 0 Å². The number of unbranched alkanes of at least 4 members (excludes halogenated alkanes) is 2. The van der Waals surface area contributed by atoms with E-state index in [0.717, 1.165) is 50.6 Å². The molecule has 0 bridgehead atoms. The Bertz CT molecular complexity index is 624. The van der Waals surface area contributed by atoms with Gasteiger partial charge in [-0.25, -0.2) is 0 Å². The number of rotatable bonds is 13. The summed E-state index contributed by atoms with van der Waals surface area (Å²) >= 11 is 0. The highest BCUT2D eigenvalue weighted by Gasteiger charge is 2.10. The summed E-state index contributed by atoms with van der Waals surface area (Å²) in [6, 6.07) is 6.71. The highest BCUT2D eigenvalue weighted by atomic mass is 15.2. The number of fused-ring (bicyclic) bond motifs is 1. The van der Waals surface area contributed by atoms with Crippen LogP contribution in [0.15, 0.2) is 18.2 Å². The third-order valence-electron chi connectivity index (χ3n) is 5.09. The molecule has 0 amide bonds. The summed E-state index contributed by atoms with van der Waals surface area (Å²) in [7, 11) is 0. The quantitative estimate of drug-likeness (QED) is 0.543. The van der Waals surface area contributed by atoms with E-state index in [1.54, 1.807) is 0 Å². The fraction of sp³-hybridized carbons (Fsp3) is 0.667. The SMILES string of the molecule is CCCCN(CCCC)c1ccc2c(NCCN(CC)CC)n[nH]c2c1. The maximum Gasteiger partial charge on any atom is 0.155 e. The Morgan fingerprint density at radius 2 is 1.65 bits per heavy atom. The molecule has 2 rings (SSSR count). The molecule has 26 heavy (non-hydrogen) atoms. The summed E-state index contributed by atoms with van der Waals surface area (Å²) in [6.07, 6.45) is 4.94. The zero-order chi connectivity index (χ0) is 18.8. The molecule has 0 unspecified atom stereocenters. The van der Waals surface area contributed by atoms with E-state index in [0.29, 0.717) is 0 Å². The monoisotopic (exact) mass is 359 g/mol. The molecule has 0 fully saturated rings. The Kier molecular flexibility index (Phi) is 8.75. The molecule has 0 aliphatic heterocycles. The maximum atomic E-state index is 4.50. The lowest BCUT2D eigenvalue weighted by molar-refractivity contribution is 0.316. The number of H-pyrrole nitrogens is 1. The molecule has 0 atom stereocenters. The van der Waals surface area contributed by atoms with Crippen LogP contribution in [0.3, 0.4) is 0 Å². The second-order valence-electron chi connectivity index (χ2n) is 6.95. The van der Waals surface area contributed by atoms with Gasteiger partial charge >= 0.3 is 0 Å². The number of nitrogens with one attached hydrogen (secondary N) is 2. The minimum atomic E-state index is 0.919. The van der Waals surface area contributed by atoms with Crippen molar-refractivity contribution < 1.29 is 0 Å². The van der Waals surface area contributed by atoms with Gasteiger partial charge in [-0.3, -0.25) is 5.10 Å². The van der Waals surface area contributed by atoms with E-state index in [9.17, 15) is 0 Å². The van der Waals surface area contributed by atoms with Crippen LogP contribution in [0.4, 0.5) is 11.5 Å². The molecule has 5 nitrogen and oxygen atoms in total. The van der Waals surface area contributed by atoms with Crippen LogP contribution in [-0.2, 0) is 0 Å². The van der Waals surface area contributed by atoms with Gasteiger partial charge in [0.15, 0.2) is 5.82 Å². The van der Waals surface area contributed by atoms with Crippen molar-refractivity contribution in [1.82, 2.24) is 15.1 Å². The van der Waals surface area contributed by atoms with E-state index in [1.165, 1.54) is 36.8 Å². The van der Waals surface area contributed by atoms with Crippen LogP contribution in [0.5, 0.6) is 0 Å². The molecule has 1 aromatic carbocycles. The molecule has 0 saturated heterocycles. The number of hydrogen-bond donors (Lipinski definition) is 2. The second-order valence-corrected chi connectivity index (χ2v) is 6.95. The van der Waals surface area contributed by atoms with Crippen molar-refractivity contribution in [2.75, 3.05) is 49.5 Å². The molecule has 0 spiro atoms. The van der Waals surface area contributed by atoms with E-state index in [-0.39, 0.29) is 0 Å². The molecule has 2 N–H and O–H groups in total. The predicted octanol–water partition coefficient (Wildman–Crippen LogP) is 4.72. The van der Waals surface area contributed by atoms with Gasteiger partial charge in [-0.2, -0.15) is 5.10 Å². The number of aromatic nitrogens is 2. The van der Waals surface area contributed by atoms with Crippen molar-refractivity contribution in [2.24, 2.45) is 0 Å². The van der Waals surface area contributed by atoms with Gasteiger partial charge in [0, 0.05) is 37.3 Å². The van der Waals surface area contributed by atoms with Crippen LogP contribution < -0.4 is 10.2 Å².